The first-order chi connectivity index (χ1) is 13.1. The highest BCUT2D eigenvalue weighted by Gasteiger charge is 2.43. The molecule has 0 unspecified atom stereocenters. The molecule has 2 aliphatic heterocycles. The third-order valence-corrected chi connectivity index (χ3v) is 5.81. The van der Waals surface area contributed by atoms with Crippen LogP contribution in [0.3, 0.4) is 0 Å². The Morgan fingerprint density at radius 3 is 2.63 bits per heavy atom. The van der Waals surface area contributed by atoms with Crippen molar-refractivity contribution in [3.63, 3.8) is 0 Å². The largest absolute Gasteiger partial charge is 0.351 e. The molecule has 5 heteroatoms. The summed E-state index contributed by atoms with van der Waals surface area (Å²) in [4.78, 5) is 14.6. The number of rotatable bonds is 3. The fraction of sp³-hybridized carbons (Fsp3) is 0.409. The summed E-state index contributed by atoms with van der Waals surface area (Å²) in [6.45, 7) is 1.44. The number of hydrogen-bond donors (Lipinski definition) is 1. The van der Waals surface area contributed by atoms with Gasteiger partial charge in [0.15, 0.2) is 0 Å². The summed E-state index contributed by atoms with van der Waals surface area (Å²) >= 11 is 0. The van der Waals surface area contributed by atoms with Crippen LogP contribution in [0.25, 0.3) is 0 Å². The number of carbonyl (C=O) groups excluding carboxylic acids is 1. The molecule has 3 nitrogen and oxygen atoms in total. The van der Waals surface area contributed by atoms with E-state index < -0.39 is 0 Å². The van der Waals surface area contributed by atoms with Crippen LogP contribution in [0.2, 0.25) is 0 Å². The maximum absolute atomic E-state index is 13.8. The maximum Gasteiger partial charge on any atom is 0.220 e. The fourth-order valence-corrected chi connectivity index (χ4v) is 4.51. The van der Waals surface area contributed by atoms with Gasteiger partial charge in [-0.1, -0.05) is 30.7 Å². The zero-order valence-corrected chi connectivity index (χ0v) is 15.2. The highest BCUT2D eigenvalue weighted by Crippen LogP contribution is 2.36. The molecule has 0 radical (unpaired) electrons. The van der Waals surface area contributed by atoms with Gasteiger partial charge in [0.2, 0.25) is 5.91 Å². The summed E-state index contributed by atoms with van der Waals surface area (Å²) in [5, 5.41) is 3.21. The molecule has 27 heavy (non-hydrogen) atoms. The molecule has 2 fully saturated rings. The maximum atomic E-state index is 13.8. The second kappa shape index (κ2) is 7.77. The first kappa shape index (κ1) is 18.1. The monoisotopic (exact) mass is 370 g/mol. The number of benzene rings is 2. The highest BCUT2D eigenvalue weighted by atomic mass is 19.1. The fourth-order valence-electron chi connectivity index (χ4n) is 4.51. The van der Waals surface area contributed by atoms with E-state index in [0.29, 0.717) is 13.0 Å². The standard InChI is InChI=1S/C22H24F2N2O/c23-17-10-8-15(9-11-17)13-26-14-19(16-4-3-5-18(24)12-16)22-20(26)6-1-2-7-21(27)25-22/h3-5,8-12,19-20,22H,1-2,6-7,13-14H2,(H,25,27)/t19-,20+,22-/m0/s1. The average Bonchev–Trinajstić information content (AvgIpc) is 2.95. The number of fused-ring (bicyclic) bond motifs is 1. The molecule has 142 valence electrons. The lowest BCUT2D eigenvalue weighted by molar-refractivity contribution is -0.122. The molecule has 0 bridgehead atoms. The van der Waals surface area contributed by atoms with E-state index in [1.54, 1.807) is 24.3 Å². The molecule has 2 heterocycles. The molecular weight excluding hydrogens is 346 g/mol. The summed E-state index contributed by atoms with van der Waals surface area (Å²) in [5.41, 5.74) is 1.97. The van der Waals surface area contributed by atoms with Crippen molar-refractivity contribution in [1.82, 2.24) is 10.2 Å². The van der Waals surface area contributed by atoms with E-state index in [9.17, 15) is 13.6 Å². The molecule has 0 saturated carbocycles. The third-order valence-electron chi connectivity index (χ3n) is 5.81. The Labute approximate surface area is 158 Å². The lowest BCUT2D eigenvalue weighted by Gasteiger charge is -2.31. The number of amides is 1. The van der Waals surface area contributed by atoms with Crippen LogP contribution in [0.5, 0.6) is 0 Å². The lowest BCUT2D eigenvalue weighted by atomic mass is 9.88. The van der Waals surface area contributed by atoms with Crippen LogP contribution < -0.4 is 5.32 Å². The average molecular weight is 370 g/mol. The normalized spacial score (nSPS) is 26.1. The number of hydrogen-bond acceptors (Lipinski definition) is 2. The molecule has 3 atom stereocenters. The summed E-state index contributed by atoms with van der Waals surface area (Å²) in [7, 11) is 0. The Morgan fingerprint density at radius 1 is 1.04 bits per heavy atom. The molecule has 2 aromatic rings. The van der Waals surface area contributed by atoms with Gasteiger partial charge in [0.1, 0.15) is 11.6 Å². The molecule has 2 aliphatic rings. The van der Waals surface area contributed by atoms with Gasteiger partial charge in [0.25, 0.3) is 0 Å². The van der Waals surface area contributed by atoms with Crippen LogP contribution in [-0.2, 0) is 11.3 Å². The Bertz CT molecular complexity index is 808. The van der Waals surface area contributed by atoms with Gasteiger partial charge >= 0.3 is 0 Å². The number of nitrogens with zero attached hydrogens (tertiary/aromatic N) is 1. The highest BCUT2D eigenvalue weighted by molar-refractivity contribution is 5.76. The van der Waals surface area contributed by atoms with Crippen molar-refractivity contribution < 1.29 is 13.6 Å². The Kier molecular flexibility index (Phi) is 5.21. The topological polar surface area (TPSA) is 32.3 Å². The predicted molar refractivity (Wildman–Crippen MR) is 100 cm³/mol. The predicted octanol–water partition coefficient (Wildman–Crippen LogP) is 3.99. The minimum Gasteiger partial charge on any atom is -0.351 e. The molecule has 4 rings (SSSR count). The number of halogens is 2. The number of likely N-dealkylation sites (tertiary alicyclic amines) is 1. The first-order valence-electron chi connectivity index (χ1n) is 9.63. The Morgan fingerprint density at radius 2 is 1.85 bits per heavy atom. The third kappa shape index (κ3) is 4.03. The number of carbonyl (C=O) groups is 1. The van der Waals surface area contributed by atoms with Crippen molar-refractivity contribution in [1.29, 1.82) is 0 Å². The molecule has 2 aromatic carbocycles. The van der Waals surface area contributed by atoms with Gasteiger partial charge in [-0.15, -0.1) is 0 Å². The van der Waals surface area contributed by atoms with Crippen LogP contribution in [0.4, 0.5) is 8.78 Å². The van der Waals surface area contributed by atoms with Crippen molar-refractivity contribution in [3.8, 4) is 0 Å². The van der Waals surface area contributed by atoms with Crippen LogP contribution in [0.15, 0.2) is 48.5 Å². The molecule has 2 saturated heterocycles. The van der Waals surface area contributed by atoms with Gasteiger partial charge in [-0.05, 0) is 48.2 Å². The first-order valence-corrected chi connectivity index (χ1v) is 9.63. The summed E-state index contributed by atoms with van der Waals surface area (Å²) in [5.74, 6) is -0.366. The van der Waals surface area contributed by atoms with Crippen LogP contribution in [0.1, 0.15) is 42.7 Å². The molecule has 0 aliphatic carbocycles. The van der Waals surface area contributed by atoms with Gasteiger partial charge < -0.3 is 5.32 Å². The Balaban J connectivity index is 1.63. The van der Waals surface area contributed by atoms with Crippen LogP contribution in [0, 0.1) is 11.6 Å². The molecule has 1 N–H and O–H groups in total. The number of nitrogens with one attached hydrogen (secondary N) is 1. The van der Waals surface area contributed by atoms with E-state index in [0.717, 1.165) is 36.9 Å². The second-order valence-electron chi connectivity index (χ2n) is 7.62. The smallest absolute Gasteiger partial charge is 0.220 e. The second-order valence-corrected chi connectivity index (χ2v) is 7.62. The van der Waals surface area contributed by atoms with E-state index in [4.69, 9.17) is 0 Å². The zero-order valence-electron chi connectivity index (χ0n) is 15.2. The SMILES string of the molecule is O=C1CCCC[C@@H]2[C@@H](N1)[C@H](c1cccc(F)c1)CN2Cc1ccc(F)cc1. The molecule has 0 spiro atoms. The van der Waals surface area contributed by atoms with Gasteiger partial charge in [0, 0.05) is 31.5 Å². The van der Waals surface area contributed by atoms with Crippen molar-refractivity contribution in [2.45, 2.75) is 50.2 Å². The minimum atomic E-state index is -0.252. The van der Waals surface area contributed by atoms with E-state index in [1.165, 1.54) is 18.2 Å². The van der Waals surface area contributed by atoms with Crippen LogP contribution >= 0.6 is 0 Å². The minimum absolute atomic E-state index is 0.0277. The summed E-state index contributed by atoms with van der Waals surface area (Å²) < 4.78 is 27.0. The van der Waals surface area contributed by atoms with Gasteiger partial charge in [-0.25, -0.2) is 8.78 Å². The van der Waals surface area contributed by atoms with Crippen molar-refractivity contribution >= 4 is 5.91 Å². The van der Waals surface area contributed by atoms with Crippen LogP contribution in [-0.4, -0.2) is 29.4 Å². The zero-order chi connectivity index (χ0) is 18.8. The van der Waals surface area contributed by atoms with E-state index in [1.807, 2.05) is 6.07 Å². The van der Waals surface area contributed by atoms with Crippen molar-refractivity contribution in [2.24, 2.45) is 0 Å². The quantitative estimate of drug-likeness (QED) is 0.886. The molecule has 0 aromatic heterocycles. The van der Waals surface area contributed by atoms with E-state index in [-0.39, 0.29) is 35.5 Å². The molecular formula is C22H24F2N2O. The van der Waals surface area contributed by atoms with Gasteiger partial charge in [-0.3, -0.25) is 9.69 Å². The molecule has 1 amide bonds. The van der Waals surface area contributed by atoms with E-state index >= 15 is 0 Å². The van der Waals surface area contributed by atoms with Crippen molar-refractivity contribution in [2.75, 3.05) is 6.54 Å². The van der Waals surface area contributed by atoms with E-state index in [2.05, 4.69) is 10.2 Å². The van der Waals surface area contributed by atoms with Crippen molar-refractivity contribution in [3.05, 3.63) is 71.3 Å². The summed E-state index contributed by atoms with van der Waals surface area (Å²) in [6.07, 6.45) is 3.45. The van der Waals surface area contributed by atoms with Gasteiger partial charge in [0.05, 0.1) is 6.04 Å². The lowest BCUT2D eigenvalue weighted by Crippen LogP contribution is -2.47. The summed E-state index contributed by atoms with van der Waals surface area (Å²) in [6, 6.07) is 13.4. The van der Waals surface area contributed by atoms with Gasteiger partial charge in [-0.2, -0.15) is 0 Å². The Hall–Kier alpha value is -2.27.